The van der Waals surface area contributed by atoms with Gasteiger partial charge in [0.2, 0.25) is 5.91 Å². The van der Waals surface area contributed by atoms with Gasteiger partial charge in [-0.2, -0.15) is 5.26 Å². The zero-order valence-electron chi connectivity index (χ0n) is 16.1. The Hall–Kier alpha value is -2.11. The summed E-state index contributed by atoms with van der Waals surface area (Å²) in [6.45, 7) is 2.09. The van der Waals surface area contributed by atoms with Gasteiger partial charge in [-0.05, 0) is 36.8 Å². The number of thiazole rings is 1. The van der Waals surface area contributed by atoms with Crippen molar-refractivity contribution in [3.63, 3.8) is 0 Å². The highest BCUT2D eigenvalue weighted by molar-refractivity contribution is 7.99. The van der Waals surface area contributed by atoms with Gasteiger partial charge in [0.15, 0.2) is 5.13 Å². The van der Waals surface area contributed by atoms with Crippen molar-refractivity contribution in [2.45, 2.75) is 31.2 Å². The van der Waals surface area contributed by atoms with Gasteiger partial charge in [0.05, 0.1) is 16.3 Å². The summed E-state index contributed by atoms with van der Waals surface area (Å²) in [5.74, 6) is 0.374. The van der Waals surface area contributed by atoms with E-state index in [1.807, 2.05) is 11.4 Å². The number of aromatic nitrogens is 2. The Labute approximate surface area is 193 Å². The summed E-state index contributed by atoms with van der Waals surface area (Å²) in [6.07, 6.45) is 2.14. The van der Waals surface area contributed by atoms with E-state index in [2.05, 4.69) is 28.3 Å². The lowest BCUT2D eigenvalue weighted by Crippen LogP contribution is -2.12. The van der Waals surface area contributed by atoms with Gasteiger partial charge in [-0.3, -0.25) is 4.79 Å². The number of hydrogen-bond acceptors (Lipinski definition) is 6. The van der Waals surface area contributed by atoms with Crippen molar-refractivity contribution in [3.8, 4) is 17.3 Å². The molecule has 30 heavy (non-hydrogen) atoms. The van der Waals surface area contributed by atoms with Crippen LogP contribution in [0.15, 0.2) is 40.7 Å². The second-order valence-corrected chi connectivity index (χ2v) is 9.11. The van der Waals surface area contributed by atoms with Crippen LogP contribution >= 0.6 is 46.3 Å². The first kappa shape index (κ1) is 22.6. The number of anilines is 1. The standard InChI is InChI=1S/C21H18Cl2N4OS2/c1-2-3-15-6-4-13(11-24)20(25-15)29-9-8-19(28)27-21-26-18(12-30-21)16-7-5-14(22)10-17(16)23/h4-7,10,12H,2-3,8-9H2,1H3,(H,26,27,28). The molecule has 1 aromatic carbocycles. The van der Waals surface area contributed by atoms with Crippen LogP contribution < -0.4 is 5.32 Å². The number of benzene rings is 1. The van der Waals surface area contributed by atoms with E-state index in [4.69, 9.17) is 23.2 Å². The Balaban J connectivity index is 1.56. The Bertz CT molecular complexity index is 1090. The maximum absolute atomic E-state index is 12.3. The molecule has 0 aliphatic rings. The van der Waals surface area contributed by atoms with Crippen LogP contribution in [0, 0.1) is 11.3 Å². The molecule has 0 bridgehead atoms. The number of pyridine rings is 1. The van der Waals surface area contributed by atoms with Crippen molar-refractivity contribution < 1.29 is 4.79 Å². The van der Waals surface area contributed by atoms with Gasteiger partial charge in [-0.15, -0.1) is 23.1 Å². The first-order valence-electron chi connectivity index (χ1n) is 9.23. The third-order valence-electron chi connectivity index (χ3n) is 4.07. The molecule has 0 unspecified atom stereocenters. The van der Waals surface area contributed by atoms with Crippen LogP contribution in [0.1, 0.15) is 31.0 Å². The summed E-state index contributed by atoms with van der Waals surface area (Å²) in [4.78, 5) is 21.3. The smallest absolute Gasteiger partial charge is 0.226 e. The van der Waals surface area contributed by atoms with Gasteiger partial charge >= 0.3 is 0 Å². The molecule has 5 nitrogen and oxygen atoms in total. The molecule has 154 valence electrons. The first-order chi connectivity index (χ1) is 14.5. The van der Waals surface area contributed by atoms with Crippen molar-refractivity contribution >= 4 is 57.3 Å². The first-order valence-corrected chi connectivity index (χ1v) is 11.9. The third kappa shape index (κ3) is 5.96. The molecule has 0 atom stereocenters. The van der Waals surface area contributed by atoms with Crippen LogP contribution in [0.25, 0.3) is 11.3 Å². The summed E-state index contributed by atoms with van der Waals surface area (Å²) >= 11 is 14.9. The fourth-order valence-electron chi connectivity index (χ4n) is 2.64. The second-order valence-electron chi connectivity index (χ2n) is 6.33. The van der Waals surface area contributed by atoms with Crippen molar-refractivity contribution in [3.05, 3.63) is 57.0 Å². The van der Waals surface area contributed by atoms with Gasteiger partial charge in [0, 0.05) is 33.8 Å². The van der Waals surface area contributed by atoms with Crippen molar-refractivity contribution in [1.82, 2.24) is 9.97 Å². The molecule has 0 aliphatic heterocycles. The highest BCUT2D eigenvalue weighted by Gasteiger charge is 2.12. The molecule has 3 rings (SSSR count). The molecule has 3 aromatic rings. The van der Waals surface area contributed by atoms with Crippen LogP contribution in [0.2, 0.25) is 10.0 Å². The van der Waals surface area contributed by atoms with E-state index in [1.54, 1.807) is 24.3 Å². The van der Waals surface area contributed by atoms with Crippen molar-refractivity contribution in [2.24, 2.45) is 0 Å². The van der Waals surface area contributed by atoms with E-state index in [-0.39, 0.29) is 12.3 Å². The lowest BCUT2D eigenvalue weighted by atomic mass is 10.2. The van der Waals surface area contributed by atoms with Crippen LogP contribution in [-0.2, 0) is 11.2 Å². The summed E-state index contributed by atoms with van der Waals surface area (Å²) < 4.78 is 0. The van der Waals surface area contributed by atoms with Gasteiger partial charge in [-0.25, -0.2) is 9.97 Å². The van der Waals surface area contributed by atoms with E-state index in [0.717, 1.165) is 24.1 Å². The summed E-state index contributed by atoms with van der Waals surface area (Å²) in [5.41, 5.74) is 2.93. The number of carbonyl (C=O) groups is 1. The second kappa shape index (κ2) is 10.8. The number of hydrogen-bond donors (Lipinski definition) is 1. The maximum Gasteiger partial charge on any atom is 0.226 e. The molecular weight excluding hydrogens is 459 g/mol. The molecule has 0 saturated carbocycles. The van der Waals surface area contributed by atoms with Crippen molar-refractivity contribution in [1.29, 1.82) is 5.26 Å². The normalized spacial score (nSPS) is 10.6. The van der Waals surface area contributed by atoms with Crippen LogP contribution in [0.5, 0.6) is 0 Å². The molecule has 1 N–H and O–H groups in total. The van der Waals surface area contributed by atoms with Gasteiger partial charge in [-0.1, -0.05) is 36.5 Å². The number of aryl methyl sites for hydroxylation is 1. The molecule has 0 fully saturated rings. The lowest BCUT2D eigenvalue weighted by molar-refractivity contribution is -0.115. The molecule has 1 amide bonds. The molecular formula is C21H18Cl2N4OS2. The average Bonchev–Trinajstić information content (AvgIpc) is 3.16. The molecule has 9 heteroatoms. The van der Waals surface area contributed by atoms with E-state index < -0.39 is 0 Å². The highest BCUT2D eigenvalue weighted by atomic mass is 35.5. The molecule has 0 radical (unpaired) electrons. The minimum atomic E-state index is -0.145. The molecule has 2 aromatic heterocycles. The molecule has 0 saturated heterocycles. The SMILES string of the molecule is CCCc1ccc(C#N)c(SCCC(=O)Nc2nc(-c3ccc(Cl)cc3Cl)cs2)n1. The fraction of sp³-hybridized carbons (Fsp3) is 0.238. The maximum atomic E-state index is 12.3. The summed E-state index contributed by atoms with van der Waals surface area (Å²) in [7, 11) is 0. The number of carbonyl (C=O) groups excluding carboxylic acids is 1. The van der Waals surface area contributed by atoms with Gasteiger partial charge in [0.1, 0.15) is 11.1 Å². The van der Waals surface area contributed by atoms with E-state index in [9.17, 15) is 10.1 Å². The van der Waals surface area contributed by atoms with E-state index in [1.165, 1.54) is 23.1 Å². The molecule has 0 aliphatic carbocycles. The predicted molar refractivity (Wildman–Crippen MR) is 124 cm³/mol. The number of nitrogens with one attached hydrogen (secondary N) is 1. The minimum absolute atomic E-state index is 0.145. The topological polar surface area (TPSA) is 78.7 Å². The quantitative estimate of drug-likeness (QED) is 0.377. The fourth-order valence-corrected chi connectivity index (χ4v) is 4.81. The molecule has 2 heterocycles. The van der Waals surface area contributed by atoms with Crippen LogP contribution in [-0.4, -0.2) is 21.6 Å². The monoisotopic (exact) mass is 476 g/mol. The summed E-state index contributed by atoms with van der Waals surface area (Å²) in [6, 6.07) is 11.0. The summed E-state index contributed by atoms with van der Waals surface area (Å²) in [5, 5.41) is 16.2. The average molecular weight is 477 g/mol. The third-order valence-corrected chi connectivity index (χ3v) is 6.37. The number of halogens is 2. The number of thioether (sulfide) groups is 1. The van der Waals surface area contributed by atoms with Crippen LogP contribution in [0.3, 0.4) is 0 Å². The minimum Gasteiger partial charge on any atom is -0.302 e. The number of nitriles is 1. The number of nitrogens with zero attached hydrogens (tertiary/aromatic N) is 3. The Morgan fingerprint density at radius 2 is 2.10 bits per heavy atom. The predicted octanol–water partition coefficient (Wildman–Crippen LogP) is 6.46. The van der Waals surface area contributed by atoms with Crippen LogP contribution in [0.4, 0.5) is 5.13 Å². The highest BCUT2D eigenvalue weighted by Crippen LogP contribution is 2.32. The Morgan fingerprint density at radius 3 is 2.83 bits per heavy atom. The van der Waals surface area contributed by atoms with E-state index >= 15 is 0 Å². The van der Waals surface area contributed by atoms with E-state index in [0.29, 0.717) is 37.2 Å². The van der Waals surface area contributed by atoms with Gasteiger partial charge in [0.25, 0.3) is 0 Å². The number of amides is 1. The zero-order valence-corrected chi connectivity index (χ0v) is 19.3. The zero-order chi connectivity index (χ0) is 21.5. The largest absolute Gasteiger partial charge is 0.302 e. The van der Waals surface area contributed by atoms with Crippen molar-refractivity contribution in [2.75, 3.05) is 11.1 Å². The lowest BCUT2D eigenvalue weighted by Gasteiger charge is -2.06. The Morgan fingerprint density at radius 1 is 1.27 bits per heavy atom. The number of rotatable bonds is 8. The Kier molecular flexibility index (Phi) is 8.11. The molecule has 0 spiro atoms. The van der Waals surface area contributed by atoms with Gasteiger partial charge < -0.3 is 5.32 Å².